The first-order chi connectivity index (χ1) is 6.09. The van der Waals surface area contributed by atoms with Crippen molar-refractivity contribution in [2.75, 3.05) is 0 Å². The Morgan fingerprint density at radius 1 is 1.29 bits per heavy atom. The largest absolute Gasteiger partial charge is 1.00 e. The van der Waals surface area contributed by atoms with E-state index >= 15 is 0 Å². The minimum absolute atomic E-state index is 0. The summed E-state index contributed by atoms with van der Waals surface area (Å²) in [6, 6.07) is 6.86. The van der Waals surface area contributed by atoms with Crippen LogP contribution in [0.5, 0.6) is 0 Å². The molecule has 2 nitrogen and oxygen atoms in total. The maximum absolute atomic E-state index is 10.4. The molecule has 70 valence electrons. The van der Waals surface area contributed by atoms with Crippen molar-refractivity contribution in [3.8, 4) is 0 Å². The van der Waals surface area contributed by atoms with Gasteiger partial charge in [-0.3, -0.25) is 0 Å². The van der Waals surface area contributed by atoms with Gasteiger partial charge in [-0.15, -0.1) is 0 Å². The van der Waals surface area contributed by atoms with Crippen LogP contribution < -0.4 is 34.7 Å². The minimum Gasteiger partial charge on any atom is -0.545 e. The van der Waals surface area contributed by atoms with E-state index in [1.54, 1.807) is 12.1 Å². The SMILES string of the molecule is CC(C)Cc1ccc(C(=O)[O-])cc1.[Na+]. The zero-order valence-corrected chi connectivity index (χ0v) is 10.9. The zero-order valence-electron chi connectivity index (χ0n) is 8.91. The van der Waals surface area contributed by atoms with Gasteiger partial charge in [-0.25, -0.2) is 0 Å². The Morgan fingerprint density at radius 2 is 1.79 bits per heavy atom. The molecular formula is C11H13NaO2. The summed E-state index contributed by atoms with van der Waals surface area (Å²) in [6.07, 6.45) is 0.979. The topological polar surface area (TPSA) is 40.1 Å². The molecule has 0 atom stereocenters. The molecule has 0 radical (unpaired) electrons. The van der Waals surface area contributed by atoms with Gasteiger partial charge >= 0.3 is 29.6 Å². The van der Waals surface area contributed by atoms with Crippen LogP contribution in [0.2, 0.25) is 0 Å². The number of carboxylic acid groups (broad SMARTS) is 1. The molecule has 1 aromatic carbocycles. The third-order valence-electron chi connectivity index (χ3n) is 1.83. The van der Waals surface area contributed by atoms with Gasteiger partial charge in [0.15, 0.2) is 0 Å². The molecule has 14 heavy (non-hydrogen) atoms. The first kappa shape index (κ1) is 13.7. The summed E-state index contributed by atoms with van der Waals surface area (Å²) < 4.78 is 0. The molecule has 0 aliphatic carbocycles. The minimum atomic E-state index is -1.11. The number of hydrogen-bond donors (Lipinski definition) is 0. The van der Waals surface area contributed by atoms with Crippen molar-refractivity contribution in [2.45, 2.75) is 20.3 Å². The molecule has 0 N–H and O–H groups in total. The van der Waals surface area contributed by atoms with Crippen molar-refractivity contribution in [3.63, 3.8) is 0 Å². The van der Waals surface area contributed by atoms with Crippen LogP contribution in [-0.4, -0.2) is 5.97 Å². The standard InChI is InChI=1S/C11H14O2.Na/c1-8(2)7-9-3-5-10(6-4-9)11(12)13;/h3-6,8H,7H2,1-2H3,(H,12,13);/q;+1/p-1. The molecule has 0 unspecified atom stereocenters. The van der Waals surface area contributed by atoms with Crippen molar-refractivity contribution in [1.82, 2.24) is 0 Å². The van der Waals surface area contributed by atoms with E-state index in [2.05, 4.69) is 13.8 Å². The quantitative estimate of drug-likeness (QED) is 0.543. The van der Waals surface area contributed by atoms with Gasteiger partial charge in [-0.1, -0.05) is 38.1 Å². The summed E-state index contributed by atoms with van der Waals surface area (Å²) in [5.74, 6) is -0.523. The number of carbonyl (C=O) groups excluding carboxylic acids is 1. The monoisotopic (exact) mass is 200 g/mol. The molecule has 0 bridgehead atoms. The van der Waals surface area contributed by atoms with Crippen molar-refractivity contribution in [2.24, 2.45) is 5.92 Å². The summed E-state index contributed by atoms with van der Waals surface area (Å²) in [4.78, 5) is 10.4. The van der Waals surface area contributed by atoms with E-state index in [4.69, 9.17) is 0 Å². The normalized spacial score (nSPS) is 9.64. The third kappa shape index (κ3) is 4.27. The third-order valence-corrected chi connectivity index (χ3v) is 1.83. The number of hydrogen-bond acceptors (Lipinski definition) is 2. The maximum Gasteiger partial charge on any atom is 1.00 e. The summed E-state index contributed by atoms with van der Waals surface area (Å²) in [7, 11) is 0. The second-order valence-corrected chi connectivity index (χ2v) is 3.58. The molecule has 0 aromatic heterocycles. The number of carboxylic acids is 1. The number of rotatable bonds is 3. The van der Waals surface area contributed by atoms with Crippen molar-refractivity contribution < 1.29 is 39.5 Å². The van der Waals surface area contributed by atoms with E-state index in [1.165, 1.54) is 5.56 Å². The Kier molecular flexibility index (Phi) is 6.09. The molecule has 0 aliphatic heterocycles. The van der Waals surface area contributed by atoms with Gasteiger partial charge in [0.2, 0.25) is 0 Å². The molecule has 1 aromatic rings. The molecule has 0 heterocycles. The average molecular weight is 200 g/mol. The Balaban J connectivity index is 0.00000169. The fourth-order valence-electron chi connectivity index (χ4n) is 1.25. The molecular weight excluding hydrogens is 187 g/mol. The van der Waals surface area contributed by atoms with Gasteiger partial charge in [-0.2, -0.15) is 0 Å². The smallest absolute Gasteiger partial charge is 0.545 e. The predicted molar refractivity (Wildman–Crippen MR) is 49.3 cm³/mol. The molecule has 0 amide bonds. The summed E-state index contributed by atoms with van der Waals surface area (Å²) in [5, 5.41) is 10.4. The average Bonchev–Trinajstić information content (AvgIpc) is 2.04. The Labute approximate surface area is 107 Å². The van der Waals surface area contributed by atoms with Gasteiger partial charge in [0, 0.05) is 0 Å². The van der Waals surface area contributed by atoms with Crippen LogP contribution in [0.15, 0.2) is 24.3 Å². The second kappa shape index (κ2) is 6.23. The van der Waals surface area contributed by atoms with Crippen LogP contribution in [0.4, 0.5) is 0 Å². The first-order valence-electron chi connectivity index (χ1n) is 4.40. The van der Waals surface area contributed by atoms with Crippen molar-refractivity contribution in [3.05, 3.63) is 35.4 Å². The van der Waals surface area contributed by atoms with E-state index in [-0.39, 0.29) is 35.1 Å². The molecule has 1 rings (SSSR count). The summed E-state index contributed by atoms with van der Waals surface area (Å²) >= 11 is 0. The van der Waals surface area contributed by atoms with Crippen LogP contribution in [0, 0.1) is 5.92 Å². The van der Waals surface area contributed by atoms with Crippen LogP contribution in [0.3, 0.4) is 0 Å². The molecule has 0 saturated carbocycles. The molecule has 0 fully saturated rings. The second-order valence-electron chi connectivity index (χ2n) is 3.58. The van der Waals surface area contributed by atoms with Gasteiger partial charge in [0.1, 0.15) is 0 Å². The molecule has 0 spiro atoms. The molecule has 0 aliphatic rings. The maximum atomic E-state index is 10.4. The summed E-state index contributed by atoms with van der Waals surface area (Å²) in [6.45, 7) is 4.26. The van der Waals surface area contributed by atoms with E-state index in [9.17, 15) is 9.90 Å². The molecule has 3 heteroatoms. The van der Waals surface area contributed by atoms with Crippen LogP contribution in [-0.2, 0) is 6.42 Å². The number of carbonyl (C=O) groups is 1. The van der Waals surface area contributed by atoms with Crippen molar-refractivity contribution >= 4 is 5.97 Å². The van der Waals surface area contributed by atoms with Gasteiger partial charge in [0.25, 0.3) is 0 Å². The van der Waals surface area contributed by atoms with E-state index in [0.717, 1.165) is 6.42 Å². The summed E-state index contributed by atoms with van der Waals surface area (Å²) in [5.41, 5.74) is 1.41. The van der Waals surface area contributed by atoms with E-state index < -0.39 is 5.97 Å². The van der Waals surface area contributed by atoms with Crippen LogP contribution in [0.25, 0.3) is 0 Å². The number of benzene rings is 1. The first-order valence-corrected chi connectivity index (χ1v) is 4.40. The van der Waals surface area contributed by atoms with E-state index in [0.29, 0.717) is 5.92 Å². The van der Waals surface area contributed by atoms with Gasteiger partial charge in [0.05, 0.1) is 5.97 Å². The van der Waals surface area contributed by atoms with Crippen LogP contribution >= 0.6 is 0 Å². The zero-order chi connectivity index (χ0) is 9.84. The predicted octanol–water partition coefficient (Wildman–Crippen LogP) is -1.75. The Hall–Kier alpha value is -0.310. The fourth-order valence-corrected chi connectivity index (χ4v) is 1.25. The fraction of sp³-hybridized carbons (Fsp3) is 0.364. The number of aromatic carboxylic acids is 1. The van der Waals surface area contributed by atoms with Crippen molar-refractivity contribution in [1.29, 1.82) is 0 Å². The Morgan fingerprint density at radius 3 is 2.14 bits per heavy atom. The van der Waals surface area contributed by atoms with E-state index in [1.807, 2.05) is 12.1 Å². The Bertz CT molecular complexity index is 291. The molecule has 0 saturated heterocycles. The van der Waals surface area contributed by atoms with Gasteiger partial charge in [-0.05, 0) is 23.5 Å². The van der Waals surface area contributed by atoms with Gasteiger partial charge < -0.3 is 9.90 Å². The van der Waals surface area contributed by atoms with Crippen LogP contribution in [0.1, 0.15) is 29.8 Å².